The number of hydrogen-bond acceptors (Lipinski definition) is 2. The SMILES string of the molecule is C[C@@H](c1ccc(F)cc1)n1cnc(-c2ccccc2)c1-c1cnc[nH]1. The molecule has 2 heterocycles. The van der Waals surface area contributed by atoms with Crippen molar-refractivity contribution in [2.24, 2.45) is 0 Å². The van der Waals surface area contributed by atoms with E-state index in [0.717, 1.165) is 28.2 Å². The molecular weight excluding hydrogens is 315 g/mol. The summed E-state index contributed by atoms with van der Waals surface area (Å²) in [6, 6.07) is 16.6. The maximum Gasteiger partial charge on any atom is 0.123 e. The fraction of sp³-hybridized carbons (Fsp3) is 0.100. The third-order valence-electron chi connectivity index (χ3n) is 4.36. The van der Waals surface area contributed by atoms with Crippen LogP contribution in [0.5, 0.6) is 0 Å². The lowest BCUT2D eigenvalue weighted by Crippen LogP contribution is -2.07. The topological polar surface area (TPSA) is 46.5 Å². The Kier molecular flexibility index (Phi) is 3.90. The van der Waals surface area contributed by atoms with E-state index >= 15 is 0 Å². The molecule has 0 aliphatic rings. The Morgan fingerprint density at radius 3 is 2.48 bits per heavy atom. The van der Waals surface area contributed by atoms with Crippen molar-refractivity contribution in [2.75, 3.05) is 0 Å². The van der Waals surface area contributed by atoms with E-state index in [1.54, 1.807) is 24.7 Å². The van der Waals surface area contributed by atoms with Gasteiger partial charge >= 0.3 is 0 Å². The number of H-pyrrole nitrogens is 1. The second-order valence-corrected chi connectivity index (χ2v) is 5.91. The number of nitrogens with zero attached hydrogens (tertiary/aromatic N) is 3. The average Bonchev–Trinajstić information content (AvgIpc) is 3.32. The third-order valence-corrected chi connectivity index (χ3v) is 4.36. The van der Waals surface area contributed by atoms with Gasteiger partial charge in [0.25, 0.3) is 0 Å². The van der Waals surface area contributed by atoms with E-state index in [1.807, 2.05) is 36.7 Å². The number of halogens is 1. The lowest BCUT2D eigenvalue weighted by atomic mass is 10.1. The Morgan fingerprint density at radius 1 is 1.04 bits per heavy atom. The average molecular weight is 332 g/mol. The van der Waals surface area contributed by atoms with Crippen LogP contribution in [0.1, 0.15) is 18.5 Å². The largest absolute Gasteiger partial charge is 0.343 e. The molecule has 0 unspecified atom stereocenters. The van der Waals surface area contributed by atoms with Gasteiger partial charge in [-0.3, -0.25) is 0 Å². The highest BCUT2D eigenvalue weighted by atomic mass is 19.1. The van der Waals surface area contributed by atoms with Crippen LogP contribution in [0.4, 0.5) is 4.39 Å². The number of nitrogens with one attached hydrogen (secondary N) is 1. The first-order valence-corrected chi connectivity index (χ1v) is 8.10. The number of aromatic nitrogens is 4. The molecule has 0 saturated carbocycles. The molecule has 0 bridgehead atoms. The zero-order valence-corrected chi connectivity index (χ0v) is 13.7. The van der Waals surface area contributed by atoms with E-state index in [4.69, 9.17) is 0 Å². The summed E-state index contributed by atoms with van der Waals surface area (Å²) in [6.45, 7) is 2.07. The van der Waals surface area contributed by atoms with Crippen molar-refractivity contribution >= 4 is 0 Å². The van der Waals surface area contributed by atoms with Gasteiger partial charge in [-0.25, -0.2) is 14.4 Å². The third kappa shape index (κ3) is 2.85. The van der Waals surface area contributed by atoms with Crippen molar-refractivity contribution in [3.63, 3.8) is 0 Å². The quantitative estimate of drug-likeness (QED) is 0.589. The molecule has 0 aliphatic heterocycles. The first-order valence-electron chi connectivity index (χ1n) is 8.10. The number of imidazole rings is 2. The summed E-state index contributed by atoms with van der Waals surface area (Å²) in [4.78, 5) is 12.0. The van der Waals surface area contributed by atoms with E-state index in [1.165, 1.54) is 12.1 Å². The van der Waals surface area contributed by atoms with Gasteiger partial charge in [-0.1, -0.05) is 42.5 Å². The smallest absolute Gasteiger partial charge is 0.123 e. The molecule has 1 N–H and O–H groups in total. The molecule has 0 saturated heterocycles. The molecule has 25 heavy (non-hydrogen) atoms. The molecule has 2 aromatic carbocycles. The van der Waals surface area contributed by atoms with Crippen LogP contribution >= 0.6 is 0 Å². The Labute approximate surface area is 145 Å². The Morgan fingerprint density at radius 2 is 1.80 bits per heavy atom. The lowest BCUT2D eigenvalue weighted by molar-refractivity contribution is 0.617. The molecule has 0 amide bonds. The van der Waals surface area contributed by atoms with Gasteiger partial charge in [-0.05, 0) is 24.6 Å². The van der Waals surface area contributed by atoms with E-state index in [-0.39, 0.29) is 11.9 Å². The van der Waals surface area contributed by atoms with Crippen molar-refractivity contribution in [1.82, 2.24) is 19.5 Å². The second kappa shape index (κ2) is 6.36. The standard InChI is InChI=1S/C20H17FN4/c1-14(15-7-9-17(21)10-8-15)25-13-24-19(16-5-3-2-4-6-16)20(25)18-11-22-12-23-18/h2-14H,1H3,(H,22,23)/t14-/m0/s1. The van der Waals surface area contributed by atoms with Gasteiger partial charge in [0.1, 0.15) is 5.82 Å². The predicted molar refractivity (Wildman–Crippen MR) is 95.5 cm³/mol. The lowest BCUT2D eigenvalue weighted by Gasteiger charge is -2.17. The highest BCUT2D eigenvalue weighted by Gasteiger charge is 2.20. The van der Waals surface area contributed by atoms with Crippen molar-refractivity contribution in [3.05, 3.63) is 84.8 Å². The number of benzene rings is 2. The first-order chi connectivity index (χ1) is 12.2. The molecule has 0 spiro atoms. The van der Waals surface area contributed by atoms with E-state index in [9.17, 15) is 4.39 Å². The van der Waals surface area contributed by atoms with Crippen LogP contribution in [-0.4, -0.2) is 19.5 Å². The summed E-state index contributed by atoms with van der Waals surface area (Å²) < 4.78 is 15.3. The molecule has 0 fully saturated rings. The van der Waals surface area contributed by atoms with Crippen LogP contribution in [-0.2, 0) is 0 Å². The van der Waals surface area contributed by atoms with Crippen molar-refractivity contribution < 1.29 is 4.39 Å². The fourth-order valence-electron chi connectivity index (χ4n) is 3.02. The van der Waals surface area contributed by atoms with Gasteiger partial charge in [0, 0.05) is 5.56 Å². The summed E-state index contributed by atoms with van der Waals surface area (Å²) in [5, 5.41) is 0. The molecule has 4 rings (SSSR count). The van der Waals surface area contributed by atoms with Crippen LogP contribution in [0.25, 0.3) is 22.6 Å². The molecule has 0 aliphatic carbocycles. The van der Waals surface area contributed by atoms with Gasteiger partial charge in [0.05, 0.1) is 42.0 Å². The minimum Gasteiger partial charge on any atom is -0.343 e. The Bertz CT molecular complexity index is 957. The molecule has 4 nitrogen and oxygen atoms in total. The minimum atomic E-state index is -0.236. The van der Waals surface area contributed by atoms with E-state index < -0.39 is 0 Å². The van der Waals surface area contributed by atoms with Gasteiger partial charge in [-0.2, -0.15) is 0 Å². The highest BCUT2D eigenvalue weighted by Crippen LogP contribution is 2.33. The number of rotatable bonds is 4. The monoisotopic (exact) mass is 332 g/mol. The van der Waals surface area contributed by atoms with Crippen LogP contribution in [0.15, 0.2) is 73.4 Å². The van der Waals surface area contributed by atoms with Gasteiger partial charge in [-0.15, -0.1) is 0 Å². The van der Waals surface area contributed by atoms with Crippen molar-refractivity contribution in [1.29, 1.82) is 0 Å². The molecule has 0 radical (unpaired) electrons. The molecule has 124 valence electrons. The Balaban J connectivity index is 1.86. The number of hydrogen-bond donors (Lipinski definition) is 1. The second-order valence-electron chi connectivity index (χ2n) is 5.91. The van der Waals surface area contributed by atoms with E-state index in [0.29, 0.717) is 0 Å². The summed E-state index contributed by atoms with van der Waals surface area (Å²) in [5.41, 5.74) is 4.79. The number of aromatic amines is 1. The fourth-order valence-corrected chi connectivity index (χ4v) is 3.02. The van der Waals surface area contributed by atoms with Gasteiger partial charge in [0.15, 0.2) is 0 Å². The normalized spacial score (nSPS) is 12.2. The summed E-state index contributed by atoms with van der Waals surface area (Å²) in [6.07, 6.45) is 5.27. The van der Waals surface area contributed by atoms with Gasteiger partial charge < -0.3 is 9.55 Å². The molecule has 5 heteroatoms. The maximum absolute atomic E-state index is 13.2. The van der Waals surface area contributed by atoms with Crippen LogP contribution in [0.2, 0.25) is 0 Å². The van der Waals surface area contributed by atoms with E-state index in [2.05, 4.69) is 26.4 Å². The zero-order chi connectivity index (χ0) is 17.2. The highest BCUT2D eigenvalue weighted by molar-refractivity contribution is 5.76. The van der Waals surface area contributed by atoms with Crippen LogP contribution in [0.3, 0.4) is 0 Å². The summed E-state index contributed by atoms with van der Waals surface area (Å²) >= 11 is 0. The summed E-state index contributed by atoms with van der Waals surface area (Å²) in [7, 11) is 0. The van der Waals surface area contributed by atoms with Crippen LogP contribution < -0.4 is 0 Å². The molecular formula is C20H17FN4. The zero-order valence-electron chi connectivity index (χ0n) is 13.7. The predicted octanol–water partition coefficient (Wildman–Crippen LogP) is 4.69. The van der Waals surface area contributed by atoms with Gasteiger partial charge in [0.2, 0.25) is 0 Å². The molecule has 4 aromatic rings. The summed E-state index contributed by atoms with van der Waals surface area (Å²) in [5.74, 6) is -0.236. The van der Waals surface area contributed by atoms with Crippen molar-refractivity contribution in [3.8, 4) is 22.6 Å². The van der Waals surface area contributed by atoms with Crippen molar-refractivity contribution in [2.45, 2.75) is 13.0 Å². The first kappa shape index (κ1) is 15.3. The van der Waals surface area contributed by atoms with Crippen LogP contribution in [0, 0.1) is 5.82 Å². The minimum absolute atomic E-state index is 0.00358. The maximum atomic E-state index is 13.2. The Hall–Kier alpha value is -3.21. The molecule has 2 aromatic heterocycles. The molecule has 1 atom stereocenters.